The third kappa shape index (κ3) is 3.16. The molecule has 0 aromatic carbocycles. The summed E-state index contributed by atoms with van der Waals surface area (Å²) in [7, 11) is 0. The largest absolute Gasteiger partial charge is 0.408 e. The van der Waals surface area contributed by atoms with Crippen molar-refractivity contribution in [1.82, 2.24) is 15.2 Å². The normalized spacial score (nSPS) is 18.0. The van der Waals surface area contributed by atoms with Crippen LogP contribution >= 0.6 is 0 Å². The van der Waals surface area contributed by atoms with Gasteiger partial charge in [-0.2, -0.15) is 0 Å². The van der Waals surface area contributed by atoms with Crippen LogP contribution in [0.5, 0.6) is 0 Å². The third-order valence-corrected chi connectivity index (χ3v) is 3.94. The van der Waals surface area contributed by atoms with Gasteiger partial charge in [0.2, 0.25) is 5.89 Å². The number of carbonyl (C=O) groups excluding carboxylic acids is 1. The van der Waals surface area contributed by atoms with E-state index in [0.29, 0.717) is 30.7 Å². The fraction of sp³-hybridized carbons (Fsp3) is 0.467. The van der Waals surface area contributed by atoms with Crippen LogP contribution in [0, 0.1) is 0 Å². The van der Waals surface area contributed by atoms with Crippen molar-refractivity contribution in [2.75, 3.05) is 36.5 Å². The number of nitrogens with zero attached hydrogens (tertiary/aromatic N) is 4. The molecule has 1 saturated carbocycles. The summed E-state index contributed by atoms with van der Waals surface area (Å²) >= 11 is 0. The van der Waals surface area contributed by atoms with Crippen molar-refractivity contribution in [3.63, 3.8) is 0 Å². The van der Waals surface area contributed by atoms with Gasteiger partial charge in [0.25, 0.3) is 5.91 Å². The zero-order chi connectivity index (χ0) is 15.6. The van der Waals surface area contributed by atoms with Gasteiger partial charge >= 0.3 is 6.01 Å². The van der Waals surface area contributed by atoms with E-state index < -0.39 is 0 Å². The summed E-state index contributed by atoms with van der Waals surface area (Å²) in [5, 5.41) is 10.4. The monoisotopic (exact) mass is 315 g/mol. The quantitative estimate of drug-likeness (QED) is 0.912. The lowest BCUT2D eigenvalue weighted by atomic mass is 10.2. The van der Waals surface area contributed by atoms with Gasteiger partial charge < -0.3 is 14.1 Å². The first-order valence-electron chi connectivity index (χ1n) is 7.73. The molecule has 1 aliphatic carbocycles. The van der Waals surface area contributed by atoms with Crippen LogP contribution in [-0.4, -0.2) is 47.4 Å². The topological polar surface area (TPSA) is 93.4 Å². The second-order valence-electron chi connectivity index (χ2n) is 5.67. The molecule has 3 heterocycles. The van der Waals surface area contributed by atoms with Gasteiger partial charge in [0, 0.05) is 30.9 Å². The average molecular weight is 315 g/mol. The van der Waals surface area contributed by atoms with Crippen molar-refractivity contribution in [3.05, 3.63) is 29.9 Å². The Hall–Kier alpha value is -2.48. The highest BCUT2D eigenvalue weighted by Gasteiger charge is 2.29. The van der Waals surface area contributed by atoms with Crippen molar-refractivity contribution in [3.8, 4) is 0 Å². The summed E-state index contributed by atoms with van der Waals surface area (Å²) in [5.41, 5.74) is 1.28. The highest BCUT2D eigenvalue weighted by atomic mass is 16.5. The van der Waals surface area contributed by atoms with Crippen LogP contribution in [0.1, 0.15) is 35.1 Å². The van der Waals surface area contributed by atoms with Crippen molar-refractivity contribution in [2.24, 2.45) is 0 Å². The first-order valence-corrected chi connectivity index (χ1v) is 7.73. The minimum Gasteiger partial charge on any atom is -0.408 e. The highest BCUT2D eigenvalue weighted by molar-refractivity contribution is 6.02. The number of morpholine rings is 1. The Morgan fingerprint density at radius 1 is 1.26 bits per heavy atom. The number of pyridine rings is 1. The van der Waals surface area contributed by atoms with Gasteiger partial charge in [-0.05, 0) is 25.0 Å². The van der Waals surface area contributed by atoms with E-state index in [1.54, 1.807) is 12.3 Å². The summed E-state index contributed by atoms with van der Waals surface area (Å²) in [6, 6.07) is 3.77. The minimum atomic E-state index is -0.355. The molecular formula is C15H17N5O3. The van der Waals surface area contributed by atoms with Gasteiger partial charge in [-0.25, -0.2) is 0 Å². The lowest BCUT2D eigenvalue weighted by molar-refractivity contribution is 0.101. The lowest BCUT2D eigenvalue weighted by Gasteiger charge is -2.28. The molecule has 0 spiro atoms. The zero-order valence-electron chi connectivity index (χ0n) is 12.6. The van der Waals surface area contributed by atoms with Crippen LogP contribution in [0.15, 0.2) is 22.7 Å². The van der Waals surface area contributed by atoms with E-state index in [2.05, 4.69) is 25.4 Å². The zero-order valence-corrected chi connectivity index (χ0v) is 12.6. The molecule has 1 saturated heterocycles. The number of rotatable bonds is 4. The van der Waals surface area contributed by atoms with Crippen LogP contribution in [0.2, 0.25) is 0 Å². The maximum Gasteiger partial charge on any atom is 0.322 e. The van der Waals surface area contributed by atoms with E-state index >= 15 is 0 Å². The molecule has 4 rings (SSSR count). The Kier molecular flexibility index (Phi) is 3.66. The molecule has 8 heteroatoms. The molecule has 0 bridgehead atoms. The third-order valence-electron chi connectivity index (χ3n) is 3.94. The Bertz CT molecular complexity index is 707. The van der Waals surface area contributed by atoms with Gasteiger partial charge in [-0.3, -0.25) is 15.1 Å². The van der Waals surface area contributed by atoms with E-state index in [4.69, 9.17) is 9.15 Å². The van der Waals surface area contributed by atoms with E-state index in [9.17, 15) is 4.79 Å². The van der Waals surface area contributed by atoms with E-state index in [-0.39, 0.29) is 11.9 Å². The Labute approximate surface area is 132 Å². The van der Waals surface area contributed by atoms with Gasteiger partial charge in [0.1, 0.15) is 5.69 Å². The molecular weight excluding hydrogens is 298 g/mol. The number of hydrogen-bond donors (Lipinski definition) is 1. The molecule has 0 atom stereocenters. The van der Waals surface area contributed by atoms with Crippen molar-refractivity contribution in [1.29, 1.82) is 0 Å². The highest BCUT2D eigenvalue weighted by Crippen LogP contribution is 2.39. The van der Waals surface area contributed by atoms with Crippen molar-refractivity contribution >= 4 is 17.6 Å². The van der Waals surface area contributed by atoms with Crippen LogP contribution in [0.3, 0.4) is 0 Å². The summed E-state index contributed by atoms with van der Waals surface area (Å²) in [6.07, 6.45) is 3.76. The molecule has 2 aliphatic rings. The maximum absolute atomic E-state index is 12.3. The maximum atomic E-state index is 12.3. The fourth-order valence-corrected chi connectivity index (χ4v) is 2.50. The number of carbonyl (C=O) groups is 1. The second-order valence-corrected chi connectivity index (χ2v) is 5.67. The molecule has 0 unspecified atom stereocenters. The SMILES string of the molecule is O=C(Nc1nnc(C2CC2)o1)c1cc(N2CCOCC2)ccn1. The molecule has 2 aromatic heterocycles. The smallest absolute Gasteiger partial charge is 0.322 e. The lowest BCUT2D eigenvalue weighted by Crippen LogP contribution is -2.36. The van der Waals surface area contributed by atoms with Gasteiger partial charge in [-0.1, -0.05) is 5.10 Å². The number of nitrogens with one attached hydrogen (secondary N) is 1. The molecule has 23 heavy (non-hydrogen) atoms. The molecule has 2 fully saturated rings. The first-order chi connectivity index (χ1) is 11.3. The van der Waals surface area contributed by atoms with Crippen molar-refractivity contribution < 1.29 is 13.9 Å². The van der Waals surface area contributed by atoms with Gasteiger partial charge in [-0.15, -0.1) is 5.10 Å². The van der Waals surface area contributed by atoms with E-state index in [1.165, 1.54) is 0 Å². The number of anilines is 2. The second kappa shape index (κ2) is 5.96. The number of ether oxygens (including phenoxy) is 1. The van der Waals surface area contributed by atoms with Crippen LogP contribution in [-0.2, 0) is 4.74 Å². The molecule has 1 N–H and O–H groups in total. The average Bonchev–Trinajstić information content (AvgIpc) is 3.36. The van der Waals surface area contributed by atoms with Gasteiger partial charge in [0.15, 0.2) is 0 Å². The van der Waals surface area contributed by atoms with Crippen molar-refractivity contribution in [2.45, 2.75) is 18.8 Å². The van der Waals surface area contributed by atoms with Gasteiger partial charge in [0.05, 0.1) is 13.2 Å². The molecule has 8 nitrogen and oxygen atoms in total. The molecule has 1 aliphatic heterocycles. The predicted molar refractivity (Wildman–Crippen MR) is 81.5 cm³/mol. The molecule has 2 aromatic rings. The predicted octanol–water partition coefficient (Wildman–Crippen LogP) is 1.43. The summed E-state index contributed by atoms with van der Waals surface area (Å²) < 4.78 is 10.8. The van der Waals surface area contributed by atoms with E-state index in [1.807, 2.05) is 6.07 Å². The standard InChI is InChI=1S/C15H17N5O3/c21-13(17-15-19-18-14(23-15)10-1-2-10)12-9-11(3-4-16-12)20-5-7-22-8-6-20/h3-4,9-10H,1-2,5-8H2,(H,17,19,21). The number of hydrogen-bond acceptors (Lipinski definition) is 7. The van der Waals surface area contributed by atoms with Crippen LogP contribution in [0.25, 0.3) is 0 Å². The summed E-state index contributed by atoms with van der Waals surface area (Å²) in [4.78, 5) is 18.6. The molecule has 1 amide bonds. The number of amides is 1. The Morgan fingerprint density at radius 2 is 2.09 bits per heavy atom. The molecule has 120 valence electrons. The first kappa shape index (κ1) is 14.1. The summed E-state index contributed by atoms with van der Waals surface area (Å²) in [5.74, 6) is 0.595. The van der Waals surface area contributed by atoms with Crippen LogP contribution in [0.4, 0.5) is 11.7 Å². The van der Waals surface area contributed by atoms with E-state index in [0.717, 1.165) is 31.6 Å². The minimum absolute atomic E-state index is 0.121. The molecule has 0 radical (unpaired) electrons. The Balaban J connectivity index is 1.46. The number of aromatic nitrogens is 3. The Morgan fingerprint density at radius 3 is 2.87 bits per heavy atom. The summed E-state index contributed by atoms with van der Waals surface area (Å²) in [6.45, 7) is 2.99. The van der Waals surface area contributed by atoms with Crippen LogP contribution < -0.4 is 10.2 Å². The fourth-order valence-electron chi connectivity index (χ4n) is 2.50.